The number of carbonyl (C=O) groups excluding carboxylic acids is 1. The smallest absolute Gasteiger partial charge is 0.255 e. The topological polar surface area (TPSA) is 62.4 Å². The number of ether oxygens (including phenoxy) is 1. The lowest BCUT2D eigenvalue weighted by atomic mass is 10.1. The Morgan fingerprint density at radius 2 is 1.71 bits per heavy atom. The van der Waals surface area contributed by atoms with Gasteiger partial charge in [-0.3, -0.25) is 9.59 Å². The second-order valence-corrected chi connectivity index (χ2v) is 7.61. The van der Waals surface area contributed by atoms with E-state index in [1.807, 2.05) is 36.4 Å². The van der Waals surface area contributed by atoms with Crippen LogP contribution in [0.4, 0.5) is 0 Å². The highest BCUT2D eigenvalue weighted by molar-refractivity contribution is 6.33. The summed E-state index contributed by atoms with van der Waals surface area (Å²) in [6.45, 7) is 0.488. The van der Waals surface area contributed by atoms with Gasteiger partial charge in [-0.25, -0.2) is 0 Å². The van der Waals surface area contributed by atoms with Crippen molar-refractivity contribution in [1.82, 2.24) is 9.88 Å². The molecule has 0 saturated carbocycles. The van der Waals surface area contributed by atoms with Crippen LogP contribution in [-0.4, -0.2) is 22.9 Å². The summed E-state index contributed by atoms with van der Waals surface area (Å²) in [6, 6.07) is 23.8. The Morgan fingerprint density at radius 1 is 0.968 bits per heavy atom. The zero-order chi connectivity index (χ0) is 21.8. The van der Waals surface area contributed by atoms with Crippen LogP contribution in [0, 0.1) is 0 Å². The molecular formula is C25H21ClN2O3. The number of nitrogens with one attached hydrogen (secondary N) is 1. The minimum Gasteiger partial charge on any atom is -0.497 e. The molecule has 0 radical (unpaired) electrons. The molecule has 0 aliphatic rings. The maximum absolute atomic E-state index is 13.4. The quantitative estimate of drug-likeness (QED) is 0.464. The zero-order valence-electron chi connectivity index (χ0n) is 17.0. The molecule has 4 aromatic rings. The summed E-state index contributed by atoms with van der Waals surface area (Å²) in [6.07, 6.45) is 0. The lowest BCUT2D eigenvalue weighted by molar-refractivity contribution is 0.0729. The van der Waals surface area contributed by atoms with E-state index in [1.165, 1.54) is 0 Å². The molecule has 5 nitrogen and oxygen atoms in total. The Hall–Kier alpha value is -3.57. The van der Waals surface area contributed by atoms with Crippen molar-refractivity contribution < 1.29 is 9.53 Å². The van der Waals surface area contributed by atoms with E-state index >= 15 is 0 Å². The molecule has 1 heterocycles. The molecule has 31 heavy (non-hydrogen) atoms. The first-order valence-corrected chi connectivity index (χ1v) is 10.2. The fraction of sp³-hybridized carbons (Fsp3) is 0.120. The number of methoxy groups -OCH3 is 1. The minimum atomic E-state index is -0.236. The lowest BCUT2D eigenvalue weighted by Crippen LogP contribution is -2.32. The Labute approximate surface area is 184 Å². The fourth-order valence-electron chi connectivity index (χ4n) is 3.49. The van der Waals surface area contributed by atoms with E-state index in [1.54, 1.807) is 54.5 Å². The number of halogens is 1. The van der Waals surface area contributed by atoms with Crippen LogP contribution >= 0.6 is 11.6 Å². The van der Waals surface area contributed by atoms with Crippen molar-refractivity contribution in [2.45, 2.75) is 13.1 Å². The third-order valence-corrected chi connectivity index (χ3v) is 5.43. The first-order chi connectivity index (χ1) is 15.0. The Balaban J connectivity index is 1.73. The number of carbonyl (C=O) groups is 1. The summed E-state index contributed by atoms with van der Waals surface area (Å²) >= 11 is 6.28. The Morgan fingerprint density at radius 3 is 2.45 bits per heavy atom. The normalized spacial score (nSPS) is 10.8. The van der Waals surface area contributed by atoms with Gasteiger partial charge in [0.2, 0.25) is 0 Å². The molecule has 0 aliphatic heterocycles. The van der Waals surface area contributed by atoms with Gasteiger partial charge < -0.3 is 14.6 Å². The molecule has 0 fully saturated rings. The van der Waals surface area contributed by atoms with Crippen molar-refractivity contribution in [3.05, 3.63) is 111 Å². The maximum atomic E-state index is 13.4. The third kappa shape index (κ3) is 4.62. The van der Waals surface area contributed by atoms with Gasteiger partial charge in [0.25, 0.3) is 11.5 Å². The van der Waals surface area contributed by atoms with Crippen molar-refractivity contribution in [3.63, 3.8) is 0 Å². The van der Waals surface area contributed by atoms with Crippen LogP contribution in [0.3, 0.4) is 0 Å². The molecule has 0 atom stereocenters. The van der Waals surface area contributed by atoms with Gasteiger partial charge in [-0.2, -0.15) is 0 Å². The number of benzene rings is 3. The summed E-state index contributed by atoms with van der Waals surface area (Å²) in [5.74, 6) is 0.457. The highest BCUT2D eigenvalue weighted by Gasteiger charge is 2.20. The second-order valence-electron chi connectivity index (χ2n) is 7.20. The molecule has 156 valence electrons. The van der Waals surface area contributed by atoms with Crippen molar-refractivity contribution in [2.24, 2.45) is 0 Å². The number of nitrogens with zero attached hydrogens (tertiary/aromatic N) is 1. The number of pyridine rings is 1. The highest BCUT2D eigenvalue weighted by Crippen LogP contribution is 2.22. The molecule has 1 N–H and O–H groups in total. The highest BCUT2D eigenvalue weighted by atomic mass is 35.5. The SMILES string of the molecule is COc1ccc2[nH]c(=O)c(CN(Cc3ccccc3)C(=O)c3ccccc3Cl)cc2c1. The number of hydrogen-bond donors (Lipinski definition) is 1. The molecule has 0 spiro atoms. The van der Waals surface area contributed by atoms with Crippen molar-refractivity contribution in [2.75, 3.05) is 7.11 Å². The average Bonchev–Trinajstić information content (AvgIpc) is 2.79. The maximum Gasteiger partial charge on any atom is 0.255 e. The van der Waals surface area contributed by atoms with Gasteiger partial charge in [-0.05, 0) is 42.0 Å². The Kier molecular flexibility index (Phi) is 6.05. The number of amides is 1. The fourth-order valence-corrected chi connectivity index (χ4v) is 3.70. The summed E-state index contributed by atoms with van der Waals surface area (Å²) in [4.78, 5) is 30.6. The van der Waals surface area contributed by atoms with Gasteiger partial charge in [0, 0.05) is 23.0 Å². The van der Waals surface area contributed by atoms with E-state index < -0.39 is 0 Å². The van der Waals surface area contributed by atoms with E-state index in [0.717, 1.165) is 10.9 Å². The molecule has 3 aromatic carbocycles. The largest absolute Gasteiger partial charge is 0.497 e. The van der Waals surface area contributed by atoms with Crippen LogP contribution in [0.5, 0.6) is 5.75 Å². The molecule has 4 rings (SSSR count). The second kappa shape index (κ2) is 9.06. The average molecular weight is 433 g/mol. The van der Waals surface area contributed by atoms with Crippen LogP contribution in [0.15, 0.2) is 83.7 Å². The van der Waals surface area contributed by atoms with E-state index in [4.69, 9.17) is 16.3 Å². The molecular weight excluding hydrogens is 412 g/mol. The van der Waals surface area contributed by atoms with E-state index in [2.05, 4.69) is 4.98 Å². The number of fused-ring (bicyclic) bond motifs is 1. The van der Waals surface area contributed by atoms with Crippen LogP contribution < -0.4 is 10.3 Å². The molecule has 0 saturated heterocycles. The molecule has 6 heteroatoms. The van der Waals surface area contributed by atoms with Crippen molar-refractivity contribution >= 4 is 28.4 Å². The van der Waals surface area contributed by atoms with Crippen molar-refractivity contribution in [3.8, 4) is 5.75 Å². The zero-order valence-corrected chi connectivity index (χ0v) is 17.7. The Bertz CT molecular complexity index is 1280. The molecule has 1 amide bonds. The van der Waals surface area contributed by atoms with Crippen LogP contribution in [0.1, 0.15) is 21.5 Å². The van der Waals surface area contributed by atoms with Gasteiger partial charge in [0.05, 0.1) is 24.2 Å². The van der Waals surface area contributed by atoms with Gasteiger partial charge in [-0.15, -0.1) is 0 Å². The van der Waals surface area contributed by atoms with Gasteiger partial charge in [0.15, 0.2) is 0 Å². The molecule has 0 aliphatic carbocycles. The molecule has 0 unspecified atom stereocenters. The summed E-state index contributed by atoms with van der Waals surface area (Å²) in [5.41, 5.74) is 2.32. The van der Waals surface area contributed by atoms with Crippen LogP contribution in [0.25, 0.3) is 10.9 Å². The summed E-state index contributed by atoms with van der Waals surface area (Å²) < 4.78 is 5.29. The van der Waals surface area contributed by atoms with Crippen molar-refractivity contribution in [1.29, 1.82) is 0 Å². The third-order valence-electron chi connectivity index (χ3n) is 5.10. The number of aromatic amines is 1. The predicted molar refractivity (Wildman–Crippen MR) is 123 cm³/mol. The van der Waals surface area contributed by atoms with E-state index in [9.17, 15) is 9.59 Å². The monoisotopic (exact) mass is 432 g/mol. The number of aromatic nitrogens is 1. The summed E-state index contributed by atoms with van der Waals surface area (Å²) in [7, 11) is 1.59. The lowest BCUT2D eigenvalue weighted by Gasteiger charge is -2.23. The molecule has 0 bridgehead atoms. The van der Waals surface area contributed by atoms with Gasteiger partial charge in [0.1, 0.15) is 5.75 Å². The predicted octanol–water partition coefficient (Wildman–Crippen LogP) is 5.03. The number of rotatable bonds is 6. The number of hydrogen-bond acceptors (Lipinski definition) is 3. The van der Waals surface area contributed by atoms with Crippen LogP contribution in [-0.2, 0) is 13.1 Å². The van der Waals surface area contributed by atoms with Gasteiger partial charge >= 0.3 is 0 Å². The van der Waals surface area contributed by atoms with Crippen LogP contribution in [0.2, 0.25) is 5.02 Å². The number of H-pyrrole nitrogens is 1. The van der Waals surface area contributed by atoms with E-state index in [0.29, 0.717) is 34.0 Å². The molecule has 1 aromatic heterocycles. The van der Waals surface area contributed by atoms with Gasteiger partial charge in [-0.1, -0.05) is 54.1 Å². The summed E-state index contributed by atoms with van der Waals surface area (Å²) in [5, 5.41) is 1.21. The minimum absolute atomic E-state index is 0.140. The van der Waals surface area contributed by atoms with E-state index in [-0.39, 0.29) is 18.0 Å². The first-order valence-electron chi connectivity index (χ1n) is 9.83. The first kappa shape index (κ1) is 20.7. The standard InChI is InChI=1S/C25H21ClN2O3/c1-31-20-11-12-23-18(14-20)13-19(24(29)27-23)16-28(15-17-7-3-2-4-8-17)25(30)21-9-5-6-10-22(21)26/h2-14H,15-16H2,1H3,(H,27,29).